The van der Waals surface area contributed by atoms with Gasteiger partial charge in [0.05, 0.1) is 18.2 Å². The molecule has 1 unspecified atom stereocenters. The van der Waals surface area contributed by atoms with E-state index >= 15 is 0 Å². The summed E-state index contributed by atoms with van der Waals surface area (Å²) in [5.41, 5.74) is 7.97. The predicted molar refractivity (Wildman–Crippen MR) is 75.5 cm³/mol. The minimum atomic E-state index is -0.304. The maximum Gasteiger partial charge on any atom is 0.138 e. The summed E-state index contributed by atoms with van der Waals surface area (Å²) in [7, 11) is 1.55. The van der Waals surface area contributed by atoms with Gasteiger partial charge in [-0.3, -0.25) is 0 Å². The molecule has 2 nitrogen and oxygen atoms in total. The SMILES string of the molecule is COc1cc(Cl)c(C(N)c2ccccc2)cc1Cl. The Balaban J connectivity index is 2.43. The van der Waals surface area contributed by atoms with Crippen molar-refractivity contribution in [2.24, 2.45) is 5.73 Å². The first-order valence-corrected chi connectivity index (χ1v) is 6.22. The van der Waals surface area contributed by atoms with E-state index in [1.807, 2.05) is 30.3 Å². The molecule has 0 spiro atoms. The topological polar surface area (TPSA) is 35.2 Å². The smallest absolute Gasteiger partial charge is 0.138 e. The van der Waals surface area contributed by atoms with Crippen LogP contribution < -0.4 is 10.5 Å². The van der Waals surface area contributed by atoms with E-state index in [0.29, 0.717) is 15.8 Å². The number of ether oxygens (including phenoxy) is 1. The summed E-state index contributed by atoms with van der Waals surface area (Å²) in [4.78, 5) is 0. The highest BCUT2D eigenvalue weighted by Crippen LogP contribution is 2.35. The number of halogens is 2. The van der Waals surface area contributed by atoms with E-state index < -0.39 is 0 Å². The van der Waals surface area contributed by atoms with E-state index in [0.717, 1.165) is 11.1 Å². The third kappa shape index (κ3) is 2.61. The van der Waals surface area contributed by atoms with Crippen LogP contribution in [0.1, 0.15) is 17.2 Å². The van der Waals surface area contributed by atoms with Gasteiger partial charge in [-0.05, 0) is 17.2 Å². The number of rotatable bonds is 3. The number of methoxy groups -OCH3 is 1. The van der Waals surface area contributed by atoms with Crippen molar-refractivity contribution in [1.82, 2.24) is 0 Å². The number of hydrogen-bond donors (Lipinski definition) is 1. The van der Waals surface area contributed by atoms with Gasteiger partial charge in [-0.2, -0.15) is 0 Å². The van der Waals surface area contributed by atoms with Crippen molar-refractivity contribution in [1.29, 1.82) is 0 Å². The second-order valence-electron chi connectivity index (χ2n) is 3.90. The molecule has 0 saturated heterocycles. The van der Waals surface area contributed by atoms with E-state index in [2.05, 4.69) is 0 Å². The molecule has 2 aromatic rings. The standard InChI is InChI=1S/C14H13Cl2NO/c1-18-13-8-11(15)10(7-12(13)16)14(17)9-5-3-2-4-6-9/h2-8,14H,17H2,1H3. The summed E-state index contributed by atoms with van der Waals surface area (Å²) in [6, 6.07) is 12.9. The van der Waals surface area contributed by atoms with Crippen molar-refractivity contribution < 1.29 is 4.74 Å². The first kappa shape index (κ1) is 13.2. The molecule has 0 aliphatic heterocycles. The van der Waals surface area contributed by atoms with Gasteiger partial charge in [-0.25, -0.2) is 0 Å². The molecule has 0 aliphatic rings. The molecule has 94 valence electrons. The van der Waals surface area contributed by atoms with E-state index in [1.54, 1.807) is 19.2 Å². The maximum absolute atomic E-state index is 6.21. The Morgan fingerprint density at radius 3 is 2.33 bits per heavy atom. The van der Waals surface area contributed by atoms with Crippen LogP contribution in [0, 0.1) is 0 Å². The van der Waals surface area contributed by atoms with Crippen molar-refractivity contribution in [3.8, 4) is 5.75 Å². The molecule has 18 heavy (non-hydrogen) atoms. The van der Waals surface area contributed by atoms with Crippen LogP contribution in [-0.4, -0.2) is 7.11 Å². The number of benzene rings is 2. The zero-order valence-electron chi connectivity index (χ0n) is 9.86. The Morgan fingerprint density at radius 1 is 1.06 bits per heavy atom. The molecule has 0 aliphatic carbocycles. The van der Waals surface area contributed by atoms with Crippen molar-refractivity contribution in [3.05, 3.63) is 63.6 Å². The summed E-state index contributed by atoms with van der Waals surface area (Å²) in [6.45, 7) is 0. The minimum absolute atomic E-state index is 0.304. The van der Waals surface area contributed by atoms with Crippen LogP contribution >= 0.6 is 23.2 Å². The predicted octanol–water partition coefficient (Wildman–Crippen LogP) is 4.05. The Bertz CT molecular complexity index is 543. The van der Waals surface area contributed by atoms with Crippen molar-refractivity contribution in [3.63, 3.8) is 0 Å². The van der Waals surface area contributed by atoms with Gasteiger partial charge in [0.1, 0.15) is 5.75 Å². The molecule has 0 fully saturated rings. The van der Waals surface area contributed by atoms with Crippen LogP contribution in [0.15, 0.2) is 42.5 Å². The van der Waals surface area contributed by atoms with Crippen LogP contribution in [0.5, 0.6) is 5.75 Å². The fourth-order valence-electron chi connectivity index (χ4n) is 1.78. The molecule has 2 N–H and O–H groups in total. The summed E-state index contributed by atoms with van der Waals surface area (Å²) >= 11 is 12.3. The highest BCUT2D eigenvalue weighted by molar-refractivity contribution is 6.34. The van der Waals surface area contributed by atoms with Crippen LogP contribution in [0.2, 0.25) is 10.0 Å². The lowest BCUT2D eigenvalue weighted by molar-refractivity contribution is 0.415. The van der Waals surface area contributed by atoms with Crippen molar-refractivity contribution >= 4 is 23.2 Å². The fourth-order valence-corrected chi connectivity index (χ4v) is 2.30. The van der Waals surface area contributed by atoms with Gasteiger partial charge >= 0.3 is 0 Å². The first-order valence-electron chi connectivity index (χ1n) is 5.47. The van der Waals surface area contributed by atoms with Crippen molar-refractivity contribution in [2.75, 3.05) is 7.11 Å². The van der Waals surface area contributed by atoms with E-state index in [-0.39, 0.29) is 6.04 Å². The second-order valence-corrected chi connectivity index (χ2v) is 4.71. The largest absolute Gasteiger partial charge is 0.495 e. The maximum atomic E-state index is 6.21. The zero-order chi connectivity index (χ0) is 13.1. The average Bonchev–Trinajstić information content (AvgIpc) is 2.41. The normalized spacial score (nSPS) is 12.2. The molecule has 0 heterocycles. The molecule has 0 amide bonds. The Hall–Kier alpha value is -1.22. The van der Waals surface area contributed by atoms with Gasteiger partial charge in [0.15, 0.2) is 0 Å². The summed E-state index contributed by atoms with van der Waals surface area (Å²) < 4.78 is 5.11. The molecule has 0 saturated carbocycles. The Morgan fingerprint density at radius 2 is 1.72 bits per heavy atom. The number of nitrogens with two attached hydrogens (primary N) is 1. The van der Waals surface area contributed by atoms with Gasteiger partial charge in [0, 0.05) is 11.1 Å². The lowest BCUT2D eigenvalue weighted by atomic mass is 9.99. The highest BCUT2D eigenvalue weighted by Gasteiger charge is 2.15. The van der Waals surface area contributed by atoms with Gasteiger partial charge in [-0.1, -0.05) is 53.5 Å². The molecule has 2 aromatic carbocycles. The zero-order valence-corrected chi connectivity index (χ0v) is 11.4. The van der Waals surface area contributed by atoms with Gasteiger partial charge in [-0.15, -0.1) is 0 Å². The quantitative estimate of drug-likeness (QED) is 0.921. The molecule has 0 aromatic heterocycles. The second kappa shape index (κ2) is 5.61. The third-order valence-corrected chi connectivity index (χ3v) is 3.39. The highest BCUT2D eigenvalue weighted by atomic mass is 35.5. The van der Waals surface area contributed by atoms with Crippen LogP contribution in [0.4, 0.5) is 0 Å². The number of hydrogen-bond acceptors (Lipinski definition) is 2. The molecular weight excluding hydrogens is 269 g/mol. The molecule has 2 rings (SSSR count). The Kier molecular flexibility index (Phi) is 4.12. The fraction of sp³-hybridized carbons (Fsp3) is 0.143. The van der Waals surface area contributed by atoms with Crippen molar-refractivity contribution in [2.45, 2.75) is 6.04 Å². The van der Waals surface area contributed by atoms with Gasteiger partial charge in [0.25, 0.3) is 0 Å². The van der Waals surface area contributed by atoms with Gasteiger partial charge in [0.2, 0.25) is 0 Å². The Labute approximate surface area is 116 Å². The molecule has 4 heteroatoms. The first-order chi connectivity index (χ1) is 8.63. The van der Waals surface area contributed by atoms with Crippen LogP contribution in [0.25, 0.3) is 0 Å². The van der Waals surface area contributed by atoms with E-state index in [9.17, 15) is 0 Å². The van der Waals surface area contributed by atoms with E-state index in [1.165, 1.54) is 0 Å². The van der Waals surface area contributed by atoms with E-state index in [4.69, 9.17) is 33.7 Å². The third-order valence-electron chi connectivity index (χ3n) is 2.76. The molecular formula is C14H13Cl2NO. The molecule has 1 atom stereocenters. The van der Waals surface area contributed by atoms with Gasteiger partial charge < -0.3 is 10.5 Å². The lowest BCUT2D eigenvalue weighted by Gasteiger charge is -2.16. The van der Waals surface area contributed by atoms with Crippen LogP contribution in [-0.2, 0) is 0 Å². The van der Waals surface area contributed by atoms with Crippen LogP contribution in [0.3, 0.4) is 0 Å². The molecule has 0 radical (unpaired) electrons. The summed E-state index contributed by atoms with van der Waals surface area (Å²) in [5, 5.41) is 1.05. The lowest BCUT2D eigenvalue weighted by Crippen LogP contribution is -2.12. The monoisotopic (exact) mass is 281 g/mol. The summed E-state index contributed by atoms with van der Waals surface area (Å²) in [5.74, 6) is 0.547. The summed E-state index contributed by atoms with van der Waals surface area (Å²) in [6.07, 6.45) is 0. The average molecular weight is 282 g/mol. The molecule has 0 bridgehead atoms. The minimum Gasteiger partial charge on any atom is -0.495 e.